The van der Waals surface area contributed by atoms with E-state index >= 15 is 0 Å². The highest BCUT2D eigenvalue weighted by molar-refractivity contribution is 9.10. The molecule has 0 heterocycles. The highest BCUT2D eigenvalue weighted by atomic mass is 79.9. The lowest BCUT2D eigenvalue weighted by Crippen LogP contribution is -2.31. The molecule has 1 aromatic rings. The minimum atomic E-state index is -4.19. The minimum Gasteiger partial charge on any atom is -0.482 e. The smallest absolute Gasteiger partial charge is 0.264 e. The van der Waals surface area contributed by atoms with Crippen molar-refractivity contribution in [2.24, 2.45) is 5.92 Å². The highest BCUT2D eigenvalue weighted by Crippen LogP contribution is 2.31. The Morgan fingerprint density at radius 2 is 2.10 bits per heavy atom. The van der Waals surface area contributed by atoms with Crippen molar-refractivity contribution in [2.45, 2.75) is 18.7 Å². The number of benzene rings is 1. The van der Waals surface area contributed by atoms with Gasteiger partial charge in [-0.05, 0) is 27.9 Å². The van der Waals surface area contributed by atoms with E-state index in [9.17, 15) is 17.6 Å². The van der Waals surface area contributed by atoms with Crippen molar-refractivity contribution in [3.63, 3.8) is 0 Å². The molecule has 0 aliphatic heterocycles. The molecule has 0 spiro atoms. The molecule has 118 valence electrons. The zero-order valence-electron chi connectivity index (χ0n) is 11.3. The van der Waals surface area contributed by atoms with Crippen molar-refractivity contribution < 1.29 is 22.3 Å². The number of carbonyl (C=O) groups is 1. The standard InChI is InChI=1S/C12H14BrClFNO4S/c1-7(2)5-16-12(17)6-20-10-4-9(15)11(3-8(10)13)21(14,18)19/h3-4,7H,5-6H2,1-2H3,(H,16,17). The zero-order chi connectivity index (χ0) is 16.2. The van der Waals surface area contributed by atoms with E-state index in [1.54, 1.807) is 0 Å². The van der Waals surface area contributed by atoms with Gasteiger partial charge in [-0.25, -0.2) is 12.8 Å². The number of halogens is 3. The van der Waals surface area contributed by atoms with E-state index in [4.69, 9.17) is 15.4 Å². The fourth-order valence-electron chi connectivity index (χ4n) is 1.32. The third-order valence-electron chi connectivity index (χ3n) is 2.32. The fourth-order valence-corrected chi connectivity index (χ4v) is 2.83. The lowest BCUT2D eigenvalue weighted by molar-refractivity contribution is -0.123. The van der Waals surface area contributed by atoms with E-state index in [0.29, 0.717) is 12.5 Å². The Morgan fingerprint density at radius 3 is 2.62 bits per heavy atom. The molecule has 0 unspecified atom stereocenters. The normalized spacial score (nSPS) is 11.5. The van der Waals surface area contributed by atoms with Gasteiger partial charge < -0.3 is 10.1 Å². The quantitative estimate of drug-likeness (QED) is 0.743. The van der Waals surface area contributed by atoms with Crippen molar-refractivity contribution in [1.29, 1.82) is 0 Å². The molecule has 0 saturated heterocycles. The van der Waals surface area contributed by atoms with Crippen LogP contribution >= 0.6 is 26.6 Å². The first kappa shape index (κ1) is 18.2. The molecule has 1 aromatic carbocycles. The zero-order valence-corrected chi connectivity index (χ0v) is 14.5. The molecule has 1 N–H and O–H groups in total. The Hall–Kier alpha value is -0.860. The molecular weight excluding hydrogens is 389 g/mol. The Balaban J connectivity index is 2.78. The average molecular weight is 403 g/mol. The third-order valence-corrected chi connectivity index (χ3v) is 4.27. The van der Waals surface area contributed by atoms with Crippen LogP contribution in [0.2, 0.25) is 0 Å². The molecule has 1 rings (SSSR count). The molecule has 1 amide bonds. The minimum absolute atomic E-state index is 0.0104. The molecule has 5 nitrogen and oxygen atoms in total. The van der Waals surface area contributed by atoms with Crippen LogP contribution in [-0.2, 0) is 13.8 Å². The molecule has 21 heavy (non-hydrogen) atoms. The molecule has 0 bridgehead atoms. The van der Waals surface area contributed by atoms with Crippen LogP contribution in [0.4, 0.5) is 4.39 Å². The summed E-state index contributed by atoms with van der Waals surface area (Å²) in [5.74, 6) is -1.10. The number of amides is 1. The van der Waals surface area contributed by atoms with Gasteiger partial charge in [-0.15, -0.1) is 0 Å². The van der Waals surface area contributed by atoms with Gasteiger partial charge in [0.25, 0.3) is 15.0 Å². The van der Waals surface area contributed by atoms with Gasteiger partial charge in [0.1, 0.15) is 16.5 Å². The molecule has 0 aromatic heterocycles. The summed E-state index contributed by atoms with van der Waals surface area (Å²) in [6.45, 7) is 4.08. The average Bonchev–Trinajstić information content (AvgIpc) is 2.35. The van der Waals surface area contributed by atoms with Crippen LogP contribution < -0.4 is 10.1 Å². The van der Waals surface area contributed by atoms with E-state index in [1.807, 2.05) is 13.8 Å². The van der Waals surface area contributed by atoms with Crippen molar-refractivity contribution in [1.82, 2.24) is 5.32 Å². The van der Waals surface area contributed by atoms with Crippen LogP contribution in [-0.4, -0.2) is 27.5 Å². The van der Waals surface area contributed by atoms with Crippen molar-refractivity contribution in [3.8, 4) is 5.75 Å². The maximum Gasteiger partial charge on any atom is 0.264 e. The summed E-state index contributed by atoms with van der Waals surface area (Å²) in [5, 5.41) is 2.63. The molecular formula is C12H14BrClFNO4S. The van der Waals surface area contributed by atoms with E-state index < -0.39 is 19.8 Å². The predicted octanol–water partition coefficient (Wildman–Crippen LogP) is 2.67. The third kappa shape index (κ3) is 5.80. The van der Waals surface area contributed by atoms with Crippen LogP contribution in [0.1, 0.15) is 13.8 Å². The van der Waals surface area contributed by atoms with Gasteiger partial charge in [0.15, 0.2) is 6.61 Å². The lowest BCUT2D eigenvalue weighted by atomic mass is 10.2. The summed E-state index contributed by atoms with van der Waals surface area (Å²) < 4.78 is 41.2. The number of carbonyl (C=O) groups excluding carboxylic acids is 1. The molecule has 9 heteroatoms. The number of hydrogen-bond acceptors (Lipinski definition) is 4. The molecule has 0 saturated carbocycles. The van der Waals surface area contributed by atoms with Crippen LogP contribution in [0.5, 0.6) is 5.75 Å². The Labute approximate surface area is 135 Å². The second-order valence-corrected chi connectivity index (χ2v) is 8.03. The molecule has 0 aliphatic rings. The summed E-state index contributed by atoms with van der Waals surface area (Å²) in [7, 11) is 0.903. The van der Waals surface area contributed by atoms with E-state index in [-0.39, 0.29) is 22.7 Å². The van der Waals surface area contributed by atoms with Crippen molar-refractivity contribution >= 4 is 41.6 Å². The van der Waals surface area contributed by atoms with Gasteiger partial charge in [0.05, 0.1) is 4.47 Å². The Bertz CT molecular complexity index is 636. The highest BCUT2D eigenvalue weighted by Gasteiger charge is 2.19. The number of rotatable bonds is 6. The van der Waals surface area contributed by atoms with Crippen LogP contribution in [0, 0.1) is 11.7 Å². The van der Waals surface area contributed by atoms with Crippen molar-refractivity contribution in [2.75, 3.05) is 13.2 Å². The first-order chi connectivity index (χ1) is 9.61. The number of ether oxygens (including phenoxy) is 1. The maximum absolute atomic E-state index is 13.6. The van der Waals surface area contributed by atoms with Crippen molar-refractivity contribution in [3.05, 3.63) is 22.4 Å². The van der Waals surface area contributed by atoms with Gasteiger partial charge in [0.2, 0.25) is 0 Å². The first-order valence-electron chi connectivity index (χ1n) is 5.94. The predicted molar refractivity (Wildman–Crippen MR) is 80.5 cm³/mol. The largest absolute Gasteiger partial charge is 0.482 e. The van der Waals surface area contributed by atoms with Gasteiger partial charge in [-0.2, -0.15) is 0 Å². The molecule has 0 aliphatic carbocycles. The second-order valence-electron chi connectivity index (χ2n) is 4.64. The fraction of sp³-hybridized carbons (Fsp3) is 0.417. The Morgan fingerprint density at radius 1 is 1.48 bits per heavy atom. The van der Waals surface area contributed by atoms with Gasteiger partial charge >= 0.3 is 0 Å². The van der Waals surface area contributed by atoms with Gasteiger partial charge in [-0.3, -0.25) is 4.79 Å². The first-order valence-corrected chi connectivity index (χ1v) is 9.04. The van der Waals surface area contributed by atoms with Gasteiger partial charge in [0, 0.05) is 23.3 Å². The second kappa shape index (κ2) is 7.42. The topological polar surface area (TPSA) is 72.5 Å². The SMILES string of the molecule is CC(C)CNC(=O)COc1cc(F)c(S(=O)(=O)Cl)cc1Br. The lowest BCUT2D eigenvalue weighted by Gasteiger charge is -2.11. The number of hydrogen-bond donors (Lipinski definition) is 1. The van der Waals surface area contributed by atoms with E-state index in [2.05, 4.69) is 21.2 Å². The van der Waals surface area contributed by atoms with Crippen LogP contribution in [0.25, 0.3) is 0 Å². The van der Waals surface area contributed by atoms with Gasteiger partial charge in [-0.1, -0.05) is 13.8 Å². The molecule has 0 radical (unpaired) electrons. The molecule has 0 atom stereocenters. The van der Waals surface area contributed by atoms with E-state index in [1.165, 1.54) is 0 Å². The summed E-state index contributed by atoms with van der Waals surface area (Å²) in [6, 6.07) is 1.84. The summed E-state index contributed by atoms with van der Waals surface area (Å²) in [4.78, 5) is 10.8. The summed E-state index contributed by atoms with van der Waals surface area (Å²) in [5.41, 5.74) is 0. The monoisotopic (exact) mass is 401 g/mol. The van der Waals surface area contributed by atoms with Crippen LogP contribution in [0.3, 0.4) is 0 Å². The number of nitrogens with one attached hydrogen (secondary N) is 1. The van der Waals surface area contributed by atoms with Crippen LogP contribution in [0.15, 0.2) is 21.5 Å². The maximum atomic E-state index is 13.6. The van der Waals surface area contributed by atoms with E-state index in [0.717, 1.165) is 12.1 Å². The summed E-state index contributed by atoms with van der Waals surface area (Å²) >= 11 is 3.04. The Kier molecular flexibility index (Phi) is 6.42. The molecule has 0 fully saturated rings. The summed E-state index contributed by atoms with van der Waals surface area (Å²) in [6.07, 6.45) is 0.